The van der Waals surface area contributed by atoms with Gasteiger partial charge in [0, 0.05) is 40.3 Å². The third-order valence-corrected chi connectivity index (χ3v) is 4.91. The van der Waals surface area contributed by atoms with E-state index in [9.17, 15) is 4.79 Å². The Morgan fingerprint density at radius 3 is 2.71 bits per heavy atom. The predicted octanol–water partition coefficient (Wildman–Crippen LogP) is 4.81. The summed E-state index contributed by atoms with van der Waals surface area (Å²) in [5, 5.41) is 4.89. The molecule has 3 rings (SSSR count). The highest BCUT2D eigenvalue weighted by molar-refractivity contribution is 9.10. The van der Waals surface area contributed by atoms with Crippen LogP contribution in [0.2, 0.25) is 0 Å². The zero-order chi connectivity index (χ0) is 20.1. The number of ether oxygens (including phenoxy) is 1. The maximum Gasteiger partial charge on any atom is 0.307 e. The van der Waals surface area contributed by atoms with Crippen LogP contribution in [0.4, 0.5) is 5.69 Å². The molecule has 1 heterocycles. The fourth-order valence-electron chi connectivity index (χ4n) is 2.93. The number of halogens is 1. The van der Waals surface area contributed by atoms with Gasteiger partial charge in [-0.25, -0.2) is 5.43 Å². The summed E-state index contributed by atoms with van der Waals surface area (Å²) in [4.78, 5) is 14.5. The van der Waals surface area contributed by atoms with Crippen LogP contribution >= 0.6 is 15.9 Å². The first-order chi connectivity index (χ1) is 13.5. The molecular formula is C21H22BrN3O3. The number of fused-ring (bicyclic) bond motifs is 1. The van der Waals surface area contributed by atoms with Gasteiger partial charge in [-0.05, 0) is 50.2 Å². The molecule has 0 atom stereocenters. The highest BCUT2D eigenvalue weighted by Gasteiger charge is 2.12. The number of hydrogen-bond acceptors (Lipinski definition) is 5. The zero-order valence-electron chi connectivity index (χ0n) is 16.0. The van der Waals surface area contributed by atoms with Gasteiger partial charge in [-0.15, -0.1) is 0 Å². The van der Waals surface area contributed by atoms with E-state index < -0.39 is 5.91 Å². The van der Waals surface area contributed by atoms with Crippen LogP contribution < -0.4 is 15.1 Å². The van der Waals surface area contributed by atoms with E-state index in [1.807, 2.05) is 36.4 Å². The van der Waals surface area contributed by atoms with Gasteiger partial charge in [0.25, 0.3) is 0 Å². The SMILES string of the molecule is CCN(CC)c1ccc(/C=N\NC(=O)c2cc3cc(Br)ccc3o2)c(OC)c1. The van der Waals surface area contributed by atoms with Crippen molar-refractivity contribution in [1.29, 1.82) is 0 Å². The number of benzene rings is 2. The lowest BCUT2D eigenvalue weighted by Crippen LogP contribution is -2.21. The standard InChI is InChI=1S/C21H22BrN3O3/c1-4-25(5-2)17-8-6-14(19(12-17)27-3)13-23-24-21(26)20-11-15-10-16(22)7-9-18(15)28-20/h6-13H,4-5H2,1-3H3,(H,24,26)/b23-13-. The van der Waals surface area contributed by atoms with Crippen LogP contribution in [-0.2, 0) is 0 Å². The Morgan fingerprint density at radius 2 is 2.00 bits per heavy atom. The predicted molar refractivity (Wildman–Crippen MR) is 116 cm³/mol. The molecule has 146 valence electrons. The summed E-state index contributed by atoms with van der Waals surface area (Å²) < 4.78 is 11.9. The molecule has 0 aliphatic rings. The van der Waals surface area contributed by atoms with E-state index >= 15 is 0 Å². The molecule has 1 N–H and O–H groups in total. The van der Waals surface area contributed by atoms with Crippen LogP contribution in [0.5, 0.6) is 5.75 Å². The molecule has 6 nitrogen and oxygen atoms in total. The van der Waals surface area contributed by atoms with E-state index in [0.717, 1.165) is 34.2 Å². The lowest BCUT2D eigenvalue weighted by Gasteiger charge is -2.21. The number of hydrazone groups is 1. The van der Waals surface area contributed by atoms with Crippen LogP contribution in [0.15, 0.2) is 56.5 Å². The summed E-state index contributed by atoms with van der Waals surface area (Å²) in [7, 11) is 1.61. The Bertz CT molecular complexity index is 1010. The number of nitrogens with zero attached hydrogens (tertiary/aromatic N) is 2. The molecule has 0 aliphatic carbocycles. The third kappa shape index (κ3) is 4.36. The number of rotatable bonds is 7. The molecule has 3 aromatic rings. The van der Waals surface area contributed by atoms with Gasteiger partial charge in [-0.3, -0.25) is 4.79 Å². The lowest BCUT2D eigenvalue weighted by atomic mass is 10.2. The fourth-order valence-corrected chi connectivity index (χ4v) is 3.31. The molecule has 1 aromatic heterocycles. The van der Waals surface area contributed by atoms with Crippen LogP contribution in [0.3, 0.4) is 0 Å². The molecule has 0 unspecified atom stereocenters. The molecule has 0 saturated carbocycles. The summed E-state index contributed by atoms with van der Waals surface area (Å²) in [6.07, 6.45) is 1.56. The minimum absolute atomic E-state index is 0.203. The third-order valence-electron chi connectivity index (χ3n) is 4.42. The van der Waals surface area contributed by atoms with Gasteiger partial charge >= 0.3 is 5.91 Å². The van der Waals surface area contributed by atoms with Crippen molar-refractivity contribution in [1.82, 2.24) is 5.43 Å². The van der Waals surface area contributed by atoms with Crippen LogP contribution in [0, 0.1) is 0 Å². The van der Waals surface area contributed by atoms with Crippen molar-refractivity contribution >= 4 is 44.7 Å². The molecule has 0 bridgehead atoms. The van der Waals surface area contributed by atoms with Gasteiger partial charge in [-0.2, -0.15) is 5.10 Å². The van der Waals surface area contributed by atoms with E-state index in [1.54, 1.807) is 19.4 Å². The maximum atomic E-state index is 12.3. The maximum absolute atomic E-state index is 12.3. The smallest absolute Gasteiger partial charge is 0.307 e. The number of anilines is 1. The van der Waals surface area contributed by atoms with Crippen molar-refractivity contribution in [2.45, 2.75) is 13.8 Å². The second-order valence-corrected chi connectivity index (χ2v) is 7.01. The van der Waals surface area contributed by atoms with Crippen molar-refractivity contribution in [3.8, 4) is 5.75 Å². The van der Waals surface area contributed by atoms with E-state index in [1.165, 1.54) is 0 Å². The normalized spacial score (nSPS) is 11.1. The number of carbonyl (C=O) groups is 1. The average molecular weight is 444 g/mol. The average Bonchev–Trinajstić information content (AvgIpc) is 3.12. The van der Waals surface area contributed by atoms with Crippen LogP contribution in [-0.4, -0.2) is 32.3 Å². The number of nitrogens with one attached hydrogen (secondary N) is 1. The molecular weight excluding hydrogens is 422 g/mol. The molecule has 1 amide bonds. The summed E-state index contributed by atoms with van der Waals surface area (Å²) in [6, 6.07) is 13.1. The van der Waals surface area contributed by atoms with Crippen molar-refractivity contribution in [2.75, 3.05) is 25.1 Å². The Labute approximate surface area is 172 Å². The van der Waals surface area contributed by atoms with E-state index in [-0.39, 0.29) is 5.76 Å². The van der Waals surface area contributed by atoms with Gasteiger partial charge in [0.05, 0.1) is 13.3 Å². The summed E-state index contributed by atoms with van der Waals surface area (Å²) >= 11 is 3.40. The minimum atomic E-state index is -0.415. The van der Waals surface area contributed by atoms with Gasteiger partial charge < -0.3 is 14.1 Å². The van der Waals surface area contributed by atoms with Gasteiger partial charge in [-0.1, -0.05) is 15.9 Å². The molecule has 0 fully saturated rings. The van der Waals surface area contributed by atoms with E-state index in [4.69, 9.17) is 9.15 Å². The van der Waals surface area contributed by atoms with Gasteiger partial charge in [0.1, 0.15) is 11.3 Å². The number of methoxy groups -OCH3 is 1. The summed E-state index contributed by atoms with van der Waals surface area (Å²) in [5.41, 5.74) is 4.99. The molecule has 0 radical (unpaired) electrons. The first-order valence-corrected chi connectivity index (χ1v) is 9.80. The fraction of sp³-hybridized carbons (Fsp3) is 0.238. The first-order valence-electron chi connectivity index (χ1n) is 9.01. The number of hydrogen-bond donors (Lipinski definition) is 1. The zero-order valence-corrected chi connectivity index (χ0v) is 17.6. The van der Waals surface area contributed by atoms with E-state index in [0.29, 0.717) is 11.3 Å². The van der Waals surface area contributed by atoms with Crippen molar-refractivity contribution < 1.29 is 13.9 Å². The molecule has 28 heavy (non-hydrogen) atoms. The molecule has 0 saturated heterocycles. The number of amides is 1. The second kappa shape index (κ2) is 8.93. The quantitative estimate of drug-likeness (QED) is 0.420. The van der Waals surface area contributed by atoms with Gasteiger partial charge in [0.2, 0.25) is 0 Å². The highest BCUT2D eigenvalue weighted by atomic mass is 79.9. The largest absolute Gasteiger partial charge is 0.496 e. The van der Waals surface area contributed by atoms with E-state index in [2.05, 4.69) is 45.2 Å². The summed E-state index contributed by atoms with van der Waals surface area (Å²) in [6.45, 7) is 6.05. The Morgan fingerprint density at radius 1 is 1.21 bits per heavy atom. The Balaban J connectivity index is 1.73. The van der Waals surface area contributed by atoms with Crippen molar-refractivity contribution in [2.24, 2.45) is 5.10 Å². The highest BCUT2D eigenvalue weighted by Crippen LogP contribution is 2.25. The van der Waals surface area contributed by atoms with Crippen LogP contribution in [0.25, 0.3) is 11.0 Å². The summed E-state index contributed by atoms with van der Waals surface area (Å²) in [5.74, 6) is 0.479. The molecule has 7 heteroatoms. The minimum Gasteiger partial charge on any atom is -0.496 e. The first kappa shape index (κ1) is 19.9. The molecule has 0 spiro atoms. The molecule has 0 aliphatic heterocycles. The topological polar surface area (TPSA) is 67.1 Å². The van der Waals surface area contributed by atoms with Crippen molar-refractivity contribution in [3.05, 3.63) is 58.3 Å². The Kier molecular flexibility index (Phi) is 6.36. The van der Waals surface area contributed by atoms with Crippen LogP contribution in [0.1, 0.15) is 30.0 Å². The second-order valence-electron chi connectivity index (χ2n) is 6.09. The molecule has 2 aromatic carbocycles. The number of carbonyl (C=O) groups excluding carboxylic acids is 1. The lowest BCUT2D eigenvalue weighted by molar-refractivity contribution is 0.0929. The monoisotopic (exact) mass is 443 g/mol. The Hall–Kier alpha value is -2.80. The van der Waals surface area contributed by atoms with Gasteiger partial charge in [0.15, 0.2) is 5.76 Å². The number of furan rings is 1. The van der Waals surface area contributed by atoms with Crippen molar-refractivity contribution in [3.63, 3.8) is 0 Å².